The van der Waals surface area contributed by atoms with Gasteiger partial charge in [0.05, 0.1) is 5.69 Å². The lowest BCUT2D eigenvalue weighted by Crippen LogP contribution is -2.03. The Morgan fingerprint density at radius 1 is 1.17 bits per heavy atom. The first-order valence-corrected chi connectivity index (χ1v) is 6.51. The summed E-state index contributed by atoms with van der Waals surface area (Å²) in [6.45, 7) is 4.35. The Kier molecular flexibility index (Phi) is 2.75. The van der Waals surface area contributed by atoms with E-state index >= 15 is 0 Å². The van der Waals surface area contributed by atoms with Crippen LogP contribution < -0.4 is 0 Å². The van der Waals surface area contributed by atoms with Crippen molar-refractivity contribution in [3.63, 3.8) is 0 Å². The van der Waals surface area contributed by atoms with E-state index in [0.717, 1.165) is 6.42 Å². The first-order valence-electron chi connectivity index (χ1n) is 6.51. The van der Waals surface area contributed by atoms with E-state index in [1.807, 2.05) is 6.20 Å². The van der Waals surface area contributed by atoms with Crippen LogP contribution in [0.2, 0.25) is 0 Å². The average Bonchev–Trinajstić information content (AvgIpc) is 2.77. The lowest BCUT2D eigenvalue weighted by atomic mass is 9.90. The van der Waals surface area contributed by atoms with Gasteiger partial charge < -0.3 is 0 Å². The molecule has 0 fully saturated rings. The molecule has 2 aromatic rings. The van der Waals surface area contributed by atoms with Gasteiger partial charge in [-0.3, -0.25) is 4.98 Å². The maximum atomic E-state index is 4.58. The molecular weight excluding hydrogens is 218 g/mol. The summed E-state index contributed by atoms with van der Waals surface area (Å²) in [5, 5.41) is 0. The van der Waals surface area contributed by atoms with Crippen molar-refractivity contribution in [1.82, 2.24) is 4.98 Å². The van der Waals surface area contributed by atoms with Gasteiger partial charge in [0.1, 0.15) is 0 Å². The second-order valence-corrected chi connectivity index (χ2v) is 4.89. The summed E-state index contributed by atoms with van der Waals surface area (Å²) in [6.07, 6.45) is 5.32. The number of hydrogen-bond donors (Lipinski definition) is 0. The standard InChI is InChI=1S/C17H17N/c1-3-13-11-14-6-4-5-7-15(14)17(13)16-10-12(2)8-9-18-16/h4-11,17H,3H2,1-2H3. The van der Waals surface area contributed by atoms with Crippen molar-refractivity contribution >= 4 is 6.08 Å². The van der Waals surface area contributed by atoms with Crippen molar-refractivity contribution in [1.29, 1.82) is 0 Å². The molecule has 0 amide bonds. The fourth-order valence-corrected chi connectivity index (χ4v) is 2.76. The first-order chi connectivity index (χ1) is 8.79. The van der Waals surface area contributed by atoms with Crippen molar-refractivity contribution in [2.45, 2.75) is 26.2 Å². The van der Waals surface area contributed by atoms with Crippen LogP contribution in [-0.4, -0.2) is 4.98 Å². The molecule has 90 valence electrons. The van der Waals surface area contributed by atoms with Crippen LogP contribution in [0.5, 0.6) is 0 Å². The van der Waals surface area contributed by atoms with Gasteiger partial charge in [0.15, 0.2) is 0 Å². The molecule has 0 N–H and O–H groups in total. The summed E-state index contributed by atoms with van der Waals surface area (Å²) in [4.78, 5) is 4.58. The highest BCUT2D eigenvalue weighted by molar-refractivity contribution is 5.68. The number of aromatic nitrogens is 1. The van der Waals surface area contributed by atoms with E-state index in [0.29, 0.717) is 5.92 Å². The molecule has 0 radical (unpaired) electrons. The van der Waals surface area contributed by atoms with Crippen LogP contribution in [0, 0.1) is 6.92 Å². The lowest BCUT2D eigenvalue weighted by Gasteiger charge is -2.15. The fraction of sp³-hybridized carbons (Fsp3) is 0.235. The largest absolute Gasteiger partial charge is 0.260 e. The maximum Gasteiger partial charge on any atom is 0.0522 e. The van der Waals surface area contributed by atoms with E-state index < -0.39 is 0 Å². The number of allylic oxidation sites excluding steroid dienone is 1. The molecule has 1 aliphatic rings. The third kappa shape index (κ3) is 1.76. The van der Waals surface area contributed by atoms with Gasteiger partial charge in [-0.15, -0.1) is 0 Å². The Balaban J connectivity index is 2.13. The predicted octanol–water partition coefficient (Wildman–Crippen LogP) is 4.33. The minimum atomic E-state index is 0.353. The molecule has 0 bridgehead atoms. The molecule has 0 saturated carbocycles. The van der Waals surface area contributed by atoms with Gasteiger partial charge in [-0.1, -0.05) is 42.8 Å². The predicted molar refractivity (Wildman–Crippen MR) is 75.5 cm³/mol. The molecule has 1 heteroatoms. The van der Waals surface area contributed by atoms with Crippen LogP contribution >= 0.6 is 0 Å². The zero-order chi connectivity index (χ0) is 12.5. The number of aryl methyl sites for hydroxylation is 1. The number of benzene rings is 1. The second-order valence-electron chi connectivity index (χ2n) is 4.89. The minimum Gasteiger partial charge on any atom is -0.260 e. The summed E-state index contributed by atoms with van der Waals surface area (Å²) in [5.74, 6) is 0.353. The number of hydrogen-bond acceptors (Lipinski definition) is 1. The van der Waals surface area contributed by atoms with Crippen molar-refractivity contribution in [3.8, 4) is 0 Å². The smallest absolute Gasteiger partial charge is 0.0522 e. The van der Waals surface area contributed by atoms with Crippen LogP contribution in [0.4, 0.5) is 0 Å². The molecule has 1 atom stereocenters. The van der Waals surface area contributed by atoms with Crippen LogP contribution in [-0.2, 0) is 0 Å². The molecule has 1 aromatic carbocycles. The van der Waals surface area contributed by atoms with E-state index in [4.69, 9.17) is 0 Å². The van der Waals surface area contributed by atoms with Crippen molar-refractivity contribution in [2.24, 2.45) is 0 Å². The topological polar surface area (TPSA) is 12.9 Å². The van der Waals surface area contributed by atoms with E-state index in [2.05, 4.69) is 61.3 Å². The second kappa shape index (κ2) is 4.41. The van der Waals surface area contributed by atoms with Gasteiger partial charge in [0.25, 0.3) is 0 Å². The van der Waals surface area contributed by atoms with Crippen molar-refractivity contribution in [2.75, 3.05) is 0 Å². The highest BCUT2D eigenvalue weighted by atomic mass is 14.7. The van der Waals surface area contributed by atoms with Crippen molar-refractivity contribution in [3.05, 3.63) is 70.6 Å². The SMILES string of the molecule is CCC1=Cc2ccccc2C1c1cc(C)ccn1. The maximum absolute atomic E-state index is 4.58. The molecule has 1 unspecified atom stereocenters. The van der Waals surface area contributed by atoms with Gasteiger partial charge in [-0.05, 0) is 42.2 Å². The summed E-state index contributed by atoms with van der Waals surface area (Å²) < 4.78 is 0. The van der Waals surface area contributed by atoms with E-state index in [-0.39, 0.29) is 0 Å². The van der Waals surface area contributed by atoms with Crippen LogP contribution in [0.25, 0.3) is 6.08 Å². The Labute approximate surface area is 108 Å². The first kappa shape index (κ1) is 11.2. The summed E-state index contributed by atoms with van der Waals surface area (Å²) in [6, 6.07) is 12.9. The summed E-state index contributed by atoms with van der Waals surface area (Å²) in [7, 11) is 0. The number of pyridine rings is 1. The van der Waals surface area contributed by atoms with E-state index in [1.54, 1.807) is 0 Å². The molecule has 1 aliphatic carbocycles. The average molecular weight is 235 g/mol. The number of nitrogens with zero attached hydrogens (tertiary/aromatic N) is 1. The number of rotatable bonds is 2. The van der Waals surface area contributed by atoms with Crippen LogP contribution in [0.1, 0.15) is 41.6 Å². The Morgan fingerprint density at radius 3 is 2.78 bits per heavy atom. The fourth-order valence-electron chi connectivity index (χ4n) is 2.76. The zero-order valence-corrected chi connectivity index (χ0v) is 10.9. The number of fused-ring (bicyclic) bond motifs is 1. The van der Waals surface area contributed by atoms with Gasteiger partial charge in [0, 0.05) is 12.1 Å². The lowest BCUT2D eigenvalue weighted by molar-refractivity contribution is 0.867. The molecule has 3 rings (SSSR count). The molecule has 1 heterocycles. The Bertz CT molecular complexity index is 611. The Hall–Kier alpha value is -1.89. The van der Waals surface area contributed by atoms with Gasteiger partial charge >= 0.3 is 0 Å². The molecule has 0 spiro atoms. The van der Waals surface area contributed by atoms with Crippen LogP contribution in [0.3, 0.4) is 0 Å². The monoisotopic (exact) mass is 235 g/mol. The molecule has 0 aliphatic heterocycles. The van der Waals surface area contributed by atoms with Gasteiger partial charge in [-0.25, -0.2) is 0 Å². The molecule has 1 aromatic heterocycles. The Morgan fingerprint density at radius 2 is 2.00 bits per heavy atom. The normalized spacial score (nSPS) is 17.4. The molecular formula is C17H17N. The quantitative estimate of drug-likeness (QED) is 0.755. The molecule has 1 nitrogen and oxygen atoms in total. The molecule has 0 saturated heterocycles. The summed E-state index contributed by atoms with van der Waals surface area (Å²) >= 11 is 0. The minimum absolute atomic E-state index is 0.353. The summed E-state index contributed by atoms with van der Waals surface area (Å²) in [5.41, 5.74) is 6.66. The zero-order valence-electron chi connectivity index (χ0n) is 10.9. The highest BCUT2D eigenvalue weighted by Gasteiger charge is 2.26. The van der Waals surface area contributed by atoms with Crippen molar-refractivity contribution < 1.29 is 0 Å². The highest BCUT2D eigenvalue weighted by Crippen LogP contribution is 2.41. The third-order valence-electron chi connectivity index (χ3n) is 3.66. The van der Waals surface area contributed by atoms with Gasteiger partial charge in [-0.2, -0.15) is 0 Å². The van der Waals surface area contributed by atoms with Gasteiger partial charge in [0.2, 0.25) is 0 Å². The van der Waals surface area contributed by atoms with E-state index in [9.17, 15) is 0 Å². The molecule has 18 heavy (non-hydrogen) atoms. The van der Waals surface area contributed by atoms with Crippen LogP contribution in [0.15, 0.2) is 48.2 Å². The third-order valence-corrected chi connectivity index (χ3v) is 3.66. The van der Waals surface area contributed by atoms with E-state index in [1.165, 1.54) is 28.0 Å².